The fourth-order valence-corrected chi connectivity index (χ4v) is 1.59. The standard InChI is InChI=1S/C10H20O3.Sn.2H/c1-3-5-7-9(8-6-4-2)10(11)12-13-10;;;/h9,11H,3-8H2,1-2H3;;;. The van der Waals surface area contributed by atoms with Crippen molar-refractivity contribution in [2.45, 2.75) is 58.3 Å². The van der Waals surface area contributed by atoms with Gasteiger partial charge >= 0.3 is 29.9 Å². The van der Waals surface area contributed by atoms with Crippen molar-refractivity contribution >= 4 is 23.9 Å². The van der Waals surface area contributed by atoms with Gasteiger partial charge in [-0.2, -0.15) is 9.78 Å². The fraction of sp³-hybridized carbons (Fsp3) is 1.00. The third-order valence-electron chi connectivity index (χ3n) is 2.58. The third-order valence-corrected chi connectivity index (χ3v) is 2.58. The van der Waals surface area contributed by atoms with E-state index >= 15 is 0 Å². The normalized spacial score (nSPS) is 18.0. The van der Waals surface area contributed by atoms with Crippen LogP contribution >= 0.6 is 0 Å². The number of rotatable bonds is 7. The van der Waals surface area contributed by atoms with Gasteiger partial charge in [0.25, 0.3) is 0 Å². The first-order valence-electron chi connectivity index (χ1n) is 5.32. The molecule has 14 heavy (non-hydrogen) atoms. The van der Waals surface area contributed by atoms with Crippen LogP contribution in [0.15, 0.2) is 0 Å². The van der Waals surface area contributed by atoms with Gasteiger partial charge in [-0.3, -0.25) is 0 Å². The van der Waals surface area contributed by atoms with E-state index in [1.807, 2.05) is 0 Å². The van der Waals surface area contributed by atoms with Crippen LogP contribution in [-0.4, -0.2) is 35.0 Å². The topological polar surface area (TPSA) is 45.3 Å². The summed E-state index contributed by atoms with van der Waals surface area (Å²) in [7, 11) is 0. The van der Waals surface area contributed by atoms with Gasteiger partial charge in [0.15, 0.2) is 0 Å². The molecular formula is C10H22O3Sn. The molecule has 0 aromatic rings. The molecule has 1 saturated heterocycles. The van der Waals surface area contributed by atoms with Gasteiger partial charge in [0.1, 0.15) is 0 Å². The van der Waals surface area contributed by atoms with E-state index in [1.54, 1.807) is 0 Å². The number of hydrogen-bond acceptors (Lipinski definition) is 3. The summed E-state index contributed by atoms with van der Waals surface area (Å²) in [5, 5.41) is 9.60. The van der Waals surface area contributed by atoms with Crippen molar-refractivity contribution in [2.75, 3.05) is 0 Å². The van der Waals surface area contributed by atoms with Crippen LogP contribution in [0.4, 0.5) is 0 Å². The first kappa shape index (κ1) is 14.7. The van der Waals surface area contributed by atoms with Crippen LogP contribution < -0.4 is 0 Å². The third kappa shape index (κ3) is 4.47. The summed E-state index contributed by atoms with van der Waals surface area (Å²) in [6.07, 6.45) is 6.55. The molecule has 1 aliphatic rings. The number of unbranched alkanes of at least 4 members (excludes halogenated alkanes) is 2. The minimum atomic E-state index is -1.23. The zero-order valence-electron chi connectivity index (χ0n) is 9.29. The Balaban J connectivity index is 0.00000169. The van der Waals surface area contributed by atoms with Crippen LogP contribution in [0.3, 0.4) is 0 Å². The van der Waals surface area contributed by atoms with Crippen molar-refractivity contribution < 1.29 is 14.9 Å². The Labute approximate surface area is 103 Å². The van der Waals surface area contributed by atoms with E-state index in [0.29, 0.717) is 0 Å². The van der Waals surface area contributed by atoms with Gasteiger partial charge in [0.2, 0.25) is 0 Å². The average molecular weight is 309 g/mol. The number of aliphatic hydroxyl groups is 1. The van der Waals surface area contributed by atoms with Crippen molar-refractivity contribution in [3.63, 3.8) is 0 Å². The van der Waals surface area contributed by atoms with Crippen LogP contribution in [0.1, 0.15) is 52.4 Å². The van der Waals surface area contributed by atoms with E-state index in [1.165, 1.54) is 0 Å². The Morgan fingerprint density at radius 3 is 1.79 bits per heavy atom. The molecule has 0 saturated carbocycles. The first-order chi connectivity index (χ1) is 6.23. The summed E-state index contributed by atoms with van der Waals surface area (Å²) in [6.45, 7) is 4.30. The Morgan fingerprint density at radius 2 is 1.50 bits per heavy atom. The predicted octanol–water partition coefficient (Wildman–Crippen LogP) is 1.67. The van der Waals surface area contributed by atoms with Crippen LogP contribution in [0.2, 0.25) is 0 Å². The zero-order valence-corrected chi connectivity index (χ0v) is 13.3. The van der Waals surface area contributed by atoms with Gasteiger partial charge in [-0.25, -0.2) is 0 Å². The molecule has 1 N–H and O–H groups in total. The molecule has 84 valence electrons. The van der Waals surface area contributed by atoms with Crippen LogP contribution in [0, 0.1) is 5.92 Å². The molecule has 0 atom stereocenters. The van der Waals surface area contributed by atoms with E-state index in [-0.39, 0.29) is 29.8 Å². The Bertz CT molecular complexity index is 140. The van der Waals surface area contributed by atoms with Gasteiger partial charge < -0.3 is 5.11 Å². The molecule has 0 spiro atoms. The molecule has 1 aliphatic heterocycles. The first-order valence-corrected chi connectivity index (χ1v) is 5.32. The molecule has 0 aliphatic carbocycles. The molecule has 2 radical (unpaired) electrons. The maximum atomic E-state index is 9.60. The quantitative estimate of drug-likeness (QED) is 0.442. The molecule has 0 aromatic carbocycles. The predicted molar refractivity (Wildman–Crippen MR) is 58.2 cm³/mol. The second-order valence-electron chi connectivity index (χ2n) is 3.78. The van der Waals surface area contributed by atoms with Crippen LogP contribution in [0.5, 0.6) is 0 Å². The van der Waals surface area contributed by atoms with Crippen LogP contribution in [-0.2, 0) is 9.78 Å². The Kier molecular flexibility index (Phi) is 7.38. The molecule has 0 aromatic heterocycles. The Hall–Kier alpha value is 0.679. The molecular weight excluding hydrogens is 287 g/mol. The van der Waals surface area contributed by atoms with E-state index < -0.39 is 5.97 Å². The molecule has 0 bridgehead atoms. The minimum absolute atomic E-state index is 0. The van der Waals surface area contributed by atoms with Crippen molar-refractivity contribution in [1.82, 2.24) is 0 Å². The van der Waals surface area contributed by atoms with Crippen molar-refractivity contribution in [3.05, 3.63) is 0 Å². The van der Waals surface area contributed by atoms with Crippen LogP contribution in [0.25, 0.3) is 0 Å². The van der Waals surface area contributed by atoms with Gasteiger partial charge in [-0.1, -0.05) is 39.5 Å². The SMILES string of the molecule is CCCCC(CCCC)C1(O)OO1.[SnH2]. The summed E-state index contributed by atoms with van der Waals surface area (Å²) < 4.78 is 0. The van der Waals surface area contributed by atoms with Crippen molar-refractivity contribution in [3.8, 4) is 0 Å². The summed E-state index contributed by atoms with van der Waals surface area (Å²) in [6, 6.07) is 0. The van der Waals surface area contributed by atoms with Gasteiger partial charge in [-0.15, -0.1) is 0 Å². The van der Waals surface area contributed by atoms with Crippen molar-refractivity contribution in [1.29, 1.82) is 0 Å². The molecule has 0 amide bonds. The van der Waals surface area contributed by atoms with E-state index in [0.717, 1.165) is 38.5 Å². The zero-order chi connectivity index (χ0) is 9.73. The second kappa shape index (κ2) is 7.04. The van der Waals surface area contributed by atoms with Crippen molar-refractivity contribution in [2.24, 2.45) is 5.92 Å². The molecule has 1 rings (SSSR count). The summed E-state index contributed by atoms with van der Waals surface area (Å²) in [5.74, 6) is -1.07. The summed E-state index contributed by atoms with van der Waals surface area (Å²) in [4.78, 5) is 9.22. The molecule has 1 fully saturated rings. The van der Waals surface area contributed by atoms with E-state index in [9.17, 15) is 5.11 Å². The van der Waals surface area contributed by atoms with E-state index in [2.05, 4.69) is 23.6 Å². The molecule has 1 heterocycles. The average Bonchev–Trinajstić information content (AvgIpc) is 2.85. The van der Waals surface area contributed by atoms with E-state index in [4.69, 9.17) is 0 Å². The fourth-order valence-electron chi connectivity index (χ4n) is 1.59. The molecule has 4 heteroatoms. The maximum absolute atomic E-state index is 9.60. The second-order valence-corrected chi connectivity index (χ2v) is 3.78. The monoisotopic (exact) mass is 310 g/mol. The van der Waals surface area contributed by atoms with Gasteiger partial charge in [-0.05, 0) is 12.8 Å². The number of hydrogen-bond donors (Lipinski definition) is 1. The molecule has 0 unspecified atom stereocenters. The summed E-state index contributed by atoms with van der Waals surface area (Å²) in [5.41, 5.74) is 0. The van der Waals surface area contributed by atoms with Gasteiger partial charge in [0, 0.05) is 5.92 Å². The molecule has 3 nitrogen and oxygen atoms in total. The van der Waals surface area contributed by atoms with Gasteiger partial charge in [0.05, 0.1) is 0 Å². The summed E-state index contributed by atoms with van der Waals surface area (Å²) >= 11 is 0. The Morgan fingerprint density at radius 1 is 1.07 bits per heavy atom.